The molecule has 0 saturated heterocycles. The smallest absolute Gasteiger partial charge is 0.215 e. The van der Waals surface area contributed by atoms with Gasteiger partial charge < -0.3 is 5.32 Å². The first-order valence-electron chi connectivity index (χ1n) is 6.20. The van der Waals surface area contributed by atoms with Crippen LogP contribution in [-0.4, -0.2) is 44.2 Å². The second kappa shape index (κ2) is 5.98. The summed E-state index contributed by atoms with van der Waals surface area (Å²) in [6.45, 7) is 4.64. The summed E-state index contributed by atoms with van der Waals surface area (Å²) in [5.74, 6) is 0.219. The fourth-order valence-electron chi connectivity index (χ4n) is 1.85. The molecule has 5 heteroatoms. The van der Waals surface area contributed by atoms with Gasteiger partial charge in [-0.3, -0.25) is 0 Å². The zero-order valence-electron chi connectivity index (χ0n) is 10.6. The molecule has 0 atom stereocenters. The molecule has 1 aliphatic rings. The van der Waals surface area contributed by atoms with Crippen LogP contribution in [0.25, 0.3) is 0 Å². The molecule has 96 valence electrons. The molecule has 1 N–H and O–H groups in total. The van der Waals surface area contributed by atoms with Crippen molar-refractivity contribution in [2.45, 2.75) is 51.6 Å². The Bertz CT molecular complexity index is 295. The summed E-state index contributed by atoms with van der Waals surface area (Å²) in [6.07, 6.45) is 4.15. The predicted molar refractivity (Wildman–Crippen MR) is 66.9 cm³/mol. The summed E-state index contributed by atoms with van der Waals surface area (Å²) in [7, 11) is -1.38. The highest BCUT2D eigenvalue weighted by Gasteiger charge is 2.25. The molecule has 1 saturated carbocycles. The first kappa shape index (κ1) is 13.9. The van der Waals surface area contributed by atoms with Crippen molar-refractivity contribution in [3.8, 4) is 0 Å². The Hall–Kier alpha value is -0.130. The minimum absolute atomic E-state index is 0.144. The average molecular weight is 248 g/mol. The fraction of sp³-hybridized carbons (Fsp3) is 1.00. The van der Waals surface area contributed by atoms with E-state index in [9.17, 15) is 8.42 Å². The number of rotatable bonds is 8. The van der Waals surface area contributed by atoms with Crippen LogP contribution < -0.4 is 5.32 Å². The van der Waals surface area contributed by atoms with Crippen molar-refractivity contribution in [3.05, 3.63) is 0 Å². The molecule has 0 heterocycles. The normalized spacial score (nSPS) is 17.3. The number of hydrogen-bond donors (Lipinski definition) is 1. The monoisotopic (exact) mass is 248 g/mol. The van der Waals surface area contributed by atoms with E-state index in [0.717, 1.165) is 12.8 Å². The Labute approximate surface area is 99.5 Å². The lowest BCUT2D eigenvalue weighted by Gasteiger charge is -2.25. The zero-order chi connectivity index (χ0) is 12.2. The Kier molecular flexibility index (Phi) is 5.21. The number of nitrogens with zero attached hydrogens (tertiary/aromatic N) is 1. The first-order valence-corrected chi connectivity index (χ1v) is 7.81. The third-order valence-corrected chi connectivity index (χ3v) is 5.16. The SMILES string of the molecule is CCC(CC)N(C)S(=O)(=O)CCNC1CC1. The maximum Gasteiger partial charge on any atom is 0.215 e. The lowest BCUT2D eigenvalue weighted by Crippen LogP contribution is -2.40. The van der Waals surface area contributed by atoms with Crippen molar-refractivity contribution in [1.29, 1.82) is 0 Å². The summed E-state index contributed by atoms with van der Waals surface area (Å²) >= 11 is 0. The lowest BCUT2D eigenvalue weighted by atomic mass is 10.2. The van der Waals surface area contributed by atoms with Crippen LogP contribution in [0.2, 0.25) is 0 Å². The zero-order valence-corrected chi connectivity index (χ0v) is 11.4. The molecule has 0 aliphatic heterocycles. The molecule has 0 amide bonds. The quantitative estimate of drug-likeness (QED) is 0.702. The second-order valence-electron chi connectivity index (χ2n) is 4.53. The van der Waals surface area contributed by atoms with E-state index in [1.807, 2.05) is 13.8 Å². The van der Waals surface area contributed by atoms with Crippen molar-refractivity contribution in [1.82, 2.24) is 9.62 Å². The third-order valence-electron chi connectivity index (χ3n) is 3.27. The highest BCUT2D eigenvalue weighted by Crippen LogP contribution is 2.18. The summed E-state index contributed by atoms with van der Waals surface area (Å²) in [5.41, 5.74) is 0. The Balaban J connectivity index is 2.40. The van der Waals surface area contributed by atoms with Gasteiger partial charge in [-0.2, -0.15) is 0 Å². The van der Waals surface area contributed by atoms with Gasteiger partial charge in [-0.1, -0.05) is 13.8 Å². The molecule has 1 aliphatic carbocycles. The highest BCUT2D eigenvalue weighted by molar-refractivity contribution is 7.89. The van der Waals surface area contributed by atoms with Gasteiger partial charge in [-0.05, 0) is 25.7 Å². The van der Waals surface area contributed by atoms with Gasteiger partial charge in [0.15, 0.2) is 0 Å². The molecule has 0 bridgehead atoms. The van der Waals surface area contributed by atoms with Gasteiger partial charge in [-0.25, -0.2) is 12.7 Å². The van der Waals surface area contributed by atoms with Crippen LogP contribution in [0.1, 0.15) is 39.5 Å². The Morgan fingerprint density at radius 1 is 1.31 bits per heavy atom. The molecule has 0 spiro atoms. The Morgan fingerprint density at radius 2 is 1.88 bits per heavy atom. The van der Waals surface area contributed by atoms with Crippen molar-refractivity contribution in [3.63, 3.8) is 0 Å². The highest BCUT2D eigenvalue weighted by atomic mass is 32.2. The van der Waals surface area contributed by atoms with Crippen molar-refractivity contribution in [2.24, 2.45) is 0 Å². The van der Waals surface area contributed by atoms with Crippen LogP contribution in [0.4, 0.5) is 0 Å². The van der Waals surface area contributed by atoms with E-state index in [0.29, 0.717) is 12.6 Å². The standard InChI is InChI=1S/C11H24N2O2S/c1-4-11(5-2)13(3)16(14,15)9-8-12-10-6-7-10/h10-12H,4-9H2,1-3H3. The van der Waals surface area contributed by atoms with E-state index in [4.69, 9.17) is 0 Å². The average Bonchev–Trinajstić information content (AvgIpc) is 3.03. The van der Waals surface area contributed by atoms with E-state index in [-0.39, 0.29) is 11.8 Å². The predicted octanol–water partition coefficient (Wildman–Crippen LogP) is 1.19. The van der Waals surface area contributed by atoms with Gasteiger partial charge in [0.2, 0.25) is 10.0 Å². The first-order chi connectivity index (χ1) is 7.51. The van der Waals surface area contributed by atoms with Crippen molar-refractivity contribution >= 4 is 10.0 Å². The van der Waals surface area contributed by atoms with Crippen LogP contribution in [0.3, 0.4) is 0 Å². The number of hydrogen-bond acceptors (Lipinski definition) is 3. The molecule has 4 nitrogen and oxygen atoms in total. The molecule has 0 aromatic carbocycles. The van der Waals surface area contributed by atoms with Crippen LogP contribution in [0.5, 0.6) is 0 Å². The second-order valence-corrected chi connectivity index (χ2v) is 6.68. The van der Waals surface area contributed by atoms with Crippen LogP contribution >= 0.6 is 0 Å². The van der Waals surface area contributed by atoms with Crippen LogP contribution in [0, 0.1) is 0 Å². The van der Waals surface area contributed by atoms with E-state index in [2.05, 4.69) is 5.32 Å². The minimum Gasteiger partial charge on any atom is -0.313 e. The molecule has 1 fully saturated rings. The number of nitrogens with one attached hydrogen (secondary N) is 1. The van der Waals surface area contributed by atoms with E-state index < -0.39 is 10.0 Å². The molecule has 0 radical (unpaired) electrons. The van der Waals surface area contributed by atoms with Gasteiger partial charge in [0.25, 0.3) is 0 Å². The topological polar surface area (TPSA) is 49.4 Å². The molecule has 0 aromatic heterocycles. The van der Waals surface area contributed by atoms with E-state index >= 15 is 0 Å². The van der Waals surface area contributed by atoms with Gasteiger partial charge in [0.1, 0.15) is 0 Å². The van der Waals surface area contributed by atoms with Crippen molar-refractivity contribution in [2.75, 3.05) is 19.3 Å². The van der Waals surface area contributed by atoms with Crippen LogP contribution in [-0.2, 0) is 10.0 Å². The van der Waals surface area contributed by atoms with Gasteiger partial charge in [-0.15, -0.1) is 0 Å². The third kappa shape index (κ3) is 4.03. The molecule has 0 unspecified atom stereocenters. The van der Waals surface area contributed by atoms with Gasteiger partial charge in [0, 0.05) is 25.7 Å². The lowest BCUT2D eigenvalue weighted by molar-refractivity contribution is 0.349. The van der Waals surface area contributed by atoms with Crippen molar-refractivity contribution < 1.29 is 8.42 Å². The van der Waals surface area contributed by atoms with E-state index in [1.54, 1.807) is 11.4 Å². The van der Waals surface area contributed by atoms with E-state index in [1.165, 1.54) is 12.8 Å². The molecule has 0 aromatic rings. The number of sulfonamides is 1. The Morgan fingerprint density at radius 3 is 2.31 bits per heavy atom. The summed E-state index contributed by atoms with van der Waals surface area (Å²) in [6, 6.07) is 0.722. The summed E-state index contributed by atoms with van der Waals surface area (Å²) < 4.78 is 25.5. The molecular formula is C11H24N2O2S. The molecular weight excluding hydrogens is 224 g/mol. The van der Waals surface area contributed by atoms with Gasteiger partial charge in [0.05, 0.1) is 5.75 Å². The van der Waals surface area contributed by atoms with Gasteiger partial charge >= 0.3 is 0 Å². The largest absolute Gasteiger partial charge is 0.313 e. The maximum atomic E-state index is 12.0. The molecule has 16 heavy (non-hydrogen) atoms. The molecule has 1 rings (SSSR count). The fourth-order valence-corrected chi connectivity index (χ4v) is 3.27. The minimum atomic E-state index is -3.08. The maximum absolute atomic E-state index is 12.0. The summed E-state index contributed by atoms with van der Waals surface area (Å²) in [4.78, 5) is 0. The van der Waals surface area contributed by atoms with Crippen LogP contribution in [0.15, 0.2) is 0 Å². The summed E-state index contributed by atoms with van der Waals surface area (Å²) in [5, 5.41) is 3.24.